The zero-order valence-corrected chi connectivity index (χ0v) is 15.6. The third-order valence-corrected chi connectivity index (χ3v) is 4.09. The maximum atomic E-state index is 11.4. The number of guanidine groups is 1. The van der Waals surface area contributed by atoms with Crippen LogP contribution in [-0.2, 0) is 16.8 Å². The Kier molecular flexibility index (Phi) is 8.12. The molecule has 0 spiro atoms. The first-order valence-corrected chi connectivity index (χ1v) is 9.01. The van der Waals surface area contributed by atoms with E-state index in [0.717, 1.165) is 17.7 Å². The van der Waals surface area contributed by atoms with E-state index >= 15 is 0 Å². The normalized spacial score (nSPS) is 13.9. The maximum Gasteiger partial charge on any atom is 0.191 e. The van der Waals surface area contributed by atoms with E-state index in [0.29, 0.717) is 25.5 Å². The molecule has 26 heavy (non-hydrogen) atoms. The second kappa shape index (κ2) is 10.6. The van der Waals surface area contributed by atoms with Crippen LogP contribution in [0, 0.1) is 0 Å². The van der Waals surface area contributed by atoms with Gasteiger partial charge in [0.25, 0.3) is 0 Å². The first-order valence-electron chi connectivity index (χ1n) is 9.01. The summed E-state index contributed by atoms with van der Waals surface area (Å²) in [7, 11) is 1.67. The van der Waals surface area contributed by atoms with E-state index in [2.05, 4.69) is 15.6 Å². The zero-order valence-electron chi connectivity index (χ0n) is 15.6. The van der Waals surface area contributed by atoms with Crippen molar-refractivity contribution in [1.82, 2.24) is 10.6 Å². The molecule has 0 aromatic heterocycles. The highest BCUT2D eigenvalue weighted by Gasteiger charge is 2.29. The first-order chi connectivity index (χ1) is 12.7. The van der Waals surface area contributed by atoms with Gasteiger partial charge in [0, 0.05) is 26.6 Å². The van der Waals surface area contributed by atoms with Crippen molar-refractivity contribution >= 4 is 5.96 Å². The molecule has 2 aromatic carbocycles. The fourth-order valence-electron chi connectivity index (χ4n) is 2.75. The van der Waals surface area contributed by atoms with Gasteiger partial charge in [0.1, 0.15) is 5.60 Å². The molecule has 1 atom stereocenters. The lowest BCUT2D eigenvalue weighted by molar-refractivity contribution is 0.0467. The molecule has 2 rings (SSSR count). The van der Waals surface area contributed by atoms with Crippen LogP contribution in [0.3, 0.4) is 0 Å². The largest absolute Gasteiger partial charge is 0.383 e. The van der Waals surface area contributed by atoms with E-state index in [1.165, 1.54) is 0 Å². The van der Waals surface area contributed by atoms with Gasteiger partial charge in [0.2, 0.25) is 0 Å². The van der Waals surface area contributed by atoms with Crippen molar-refractivity contribution in [2.24, 2.45) is 4.99 Å². The number of hydrogen-bond donors (Lipinski definition) is 3. The van der Waals surface area contributed by atoms with Crippen LogP contribution < -0.4 is 10.6 Å². The summed E-state index contributed by atoms with van der Waals surface area (Å²) in [5.74, 6) is 0.673. The molecule has 0 aliphatic carbocycles. The molecule has 140 valence electrons. The number of methoxy groups -OCH3 is 1. The number of benzene rings is 2. The van der Waals surface area contributed by atoms with E-state index in [1.807, 2.05) is 67.6 Å². The molecule has 2 aromatic rings. The van der Waals surface area contributed by atoms with E-state index < -0.39 is 5.60 Å². The molecule has 0 aliphatic heterocycles. The first kappa shape index (κ1) is 19.9. The summed E-state index contributed by atoms with van der Waals surface area (Å²) < 4.78 is 5.07. The summed E-state index contributed by atoms with van der Waals surface area (Å²) >= 11 is 0. The lowest BCUT2D eigenvalue weighted by Crippen LogP contribution is -2.41. The number of aliphatic hydroxyl groups is 1. The number of hydrogen-bond acceptors (Lipinski definition) is 3. The van der Waals surface area contributed by atoms with Gasteiger partial charge < -0.3 is 20.5 Å². The highest BCUT2D eigenvalue weighted by molar-refractivity contribution is 5.79. The van der Waals surface area contributed by atoms with Crippen molar-refractivity contribution in [2.75, 3.05) is 33.4 Å². The Morgan fingerprint density at radius 2 is 1.69 bits per heavy atom. The third-order valence-electron chi connectivity index (χ3n) is 4.09. The van der Waals surface area contributed by atoms with Gasteiger partial charge in [-0.2, -0.15) is 0 Å². The average molecular weight is 355 g/mol. The van der Waals surface area contributed by atoms with E-state index in [-0.39, 0.29) is 6.54 Å². The van der Waals surface area contributed by atoms with Crippen LogP contribution in [0.4, 0.5) is 0 Å². The predicted octanol–water partition coefficient (Wildman–Crippen LogP) is 2.32. The molecule has 0 saturated carbocycles. The summed E-state index contributed by atoms with van der Waals surface area (Å²) in [6.45, 7) is 4.28. The molecule has 5 heteroatoms. The lowest BCUT2D eigenvalue weighted by Gasteiger charge is -2.28. The van der Waals surface area contributed by atoms with Crippen molar-refractivity contribution in [3.8, 4) is 0 Å². The summed E-state index contributed by atoms with van der Waals surface area (Å²) in [6, 6.07) is 19.7. The van der Waals surface area contributed by atoms with Crippen LogP contribution in [-0.4, -0.2) is 44.4 Å². The van der Waals surface area contributed by atoms with Gasteiger partial charge in [0.05, 0.1) is 13.2 Å². The quantitative estimate of drug-likeness (QED) is 0.367. The van der Waals surface area contributed by atoms with Gasteiger partial charge in [0.15, 0.2) is 5.96 Å². The highest BCUT2D eigenvalue weighted by atomic mass is 16.5. The van der Waals surface area contributed by atoms with Gasteiger partial charge in [-0.25, -0.2) is 4.99 Å². The Bertz CT molecular complexity index is 661. The number of rotatable bonds is 9. The van der Waals surface area contributed by atoms with Crippen molar-refractivity contribution in [2.45, 2.75) is 18.9 Å². The van der Waals surface area contributed by atoms with Gasteiger partial charge >= 0.3 is 0 Å². The Hall–Kier alpha value is -2.37. The van der Waals surface area contributed by atoms with Gasteiger partial charge in [-0.05, 0) is 18.1 Å². The van der Waals surface area contributed by atoms with Crippen LogP contribution in [0.1, 0.15) is 18.1 Å². The SMILES string of the molecule is CCNC(=NCC(O)(Cc1ccccc1)c1ccccc1)NCCOC. The predicted molar refractivity (Wildman–Crippen MR) is 106 cm³/mol. The van der Waals surface area contributed by atoms with Crippen LogP contribution in [0.15, 0.2) is 65.7 Å². The average Bonchev–Trinajstić information content (AvgIpc) is 2.68. The molecule has 0 bridgehead atoms. The molecule has 5 nitrogen and oxygen atoms in total. The number of ether oxygens (including phenoxy) is 1. The molecular formula is C21H29N3O2. The second-order valence-electron chi connectivity index (χ2n) is 6.17. The van der Waals surface area contributed by atoms with Crippen molar-refractivity contribution in [3.63, 3.8) is 0 Å². The van der Waals surface area contributed by atoms with Gasteiger partial charge in [-0.3, -0.25) is 0 Å². The fourth-order valence-corrected chi connectivity index (χ4v) is 2.75. The van der Waals surface area contributed by atoms with Crippen molar-refractivity contribution < 1.29 is 9.84 Å². The Balaban J connectivity index is 2.21. The fraction of sp³-hybridized carbons (Fsp3) is 0.381. The summed E-state index contributed by atoms with van der Waals surface area (Å²) in [4.78, 5) is 4.62. The number of nitrogens with zero attached hydrogens (tertiary/aromatic N) is 1. The minimum absolute atomic E-state index is 0.258. The van der Waals surface area contributed by atoms with E-state index in [4.69, 9.17) is 4.74 Å². The highest BCUT2D eigenvalue weighted by Crippen LogP contribution is 2.26. The maximum absolute atomic E-state index is 11.4. The molecule has 3 N–H and O–H groups in total. The van der Waals surface area contributed by atoms with E-state index in [9.17, 15) is 5.11 Å². The number of nitrogens with one attached hydrogen (secondary N) is 2. The second-order valence-corrected chi connectivity index (χ2v) is 6.17. The molecule has 0 radical (unpaired) electrons. The number of aliphatic imine (C=N–C) groups is 1. The van der Waals surface area contributed by atoms with Gasteiger partial charge in [-0.15, -0.1) is 0 Å². The van der Waals surface area contributed by atoms with Crippen LogP contribution in [0.2, 0.25) is 0 Å². The van der Waals surface area contributed by atoms with Crippen LogP contribution in [0.25, 0.3) is 0 Å². The van der Waals surface area contributed by atoms with Crippen LogP contribution in [0.5, 0.6) is 0 Å². The Morgan fingerprint density at radius 1 is 1.04 bits per heavy atom. The molecular weight excluding hydrogens is 326 g/mol. The summed E-state index contributed by atoms with van der Waals surface area (Å²) in [5, 5.41) is 17.9. The van der Waals surface area contributed by atoms with Crippen molar-refractivity contribution in [1.29, 1.82) is 0 Å². The molecule has 0 aliphatic rings. The van der Waals surface area contributed by atoms with Crippen LogP contribution >= 0.6 is 0 Å². The van der Waals surface area contributed by atoms with Gasteiger partial charge in [-0.1, -0.05) is 60.7 Å². The lowest BCUT2D eigenvalue weighted by atomic mass is 9.87. The molecule has 0 amide bonds. The molecule has 0 saturated heterocycles. The molecule has 0 fully saturated rings. The Labute approximate surface area is 156 Å². The topological polar surface area (TPSA) is 65.9 Å². The minimum atomic E-state index is -1.08. The smallest absolute Gasteiger partial charge is 0.191 e. The summed E-state index contributed by atoms with van der Waals surface area (Å²) in [6.07, 6.45) is 0.499. The minimum Gasteiger partial charge on any atom is -0.383 e. The Morgan fingerprint density at radius 3 is 2.31 bits per heavy atom. The molecule has 0 heterocycles. The third kappa shape index (κ3) is 6.17. The van der Waals surface area contributed by atoms with Crippen molar-refractivity contribution in [3.05, 3.63) is 71.8 Å². The van der Waals surface area contributed by atoms with E-state index in [1.54, 1.807) is 7.11 Å². The monoisotopic (exact) mass is 355 g/mol. The summed E-state index contributed by atoms with van der Waals surface area (Å²) in [5.41, 5.74) is 0.860. The molecule has 1 unspecified atom stereocenters. The zero-order chi connectivity index (χ0) is 18.7. The standard InChI is InChI=1S/C21H29N3O2/c1-3-22-20(23-14-15-26-2)24-17-21(25,19-12-8-5-9-13-19)16-18-10-6-4-7-11-18/h4-13,25H,3,14-17H2,1-2H3,(H2,22,23,24).